The number of nitrogens with zero attached hydrogens (tertiary/aromatic N) is 1. The van der Waals surface area contributed by atoms with Gasteiger partial charge in [0.05, 0.1) is 16.5 Å². The first-order valence-electron chi connectivity index (χ1n) is 7.26. The molecule has 2 heterocycles. The maximum absolute atomic E-state index is 12.0. The number of carbonyl (C=O) groups is 1. The Bertz CT molecular complexity index is 752. The number of aliphatic hydroxyl groups is 1. The number of aliphatic hydroxyl groups excluding tert-OH is 1. The van der Waals surface area contributed by atoms with E-state index in [1.165, 1.54) is 17.6 Å². The van der Waals surface area contributed by atoms with Gasteiger partial charge in [-0.1, -0.05) is 23.5 Å². The van der Waals surface area contributed by atoms with E-state index < -0.39 is 6.10 Å². The Hall–Kier alpha value is -2.38. The first kappa shape index (κ1) is 15.5. The van der Waals surface area contributed by atoms with E-state index in [0.717, 1.165) is 10.2 Å². The zero-order chi connectivity index (χ0) is 16.2. The molecule has 0 unspecified atom stereocenters. The fraction of sp³-hybridized carbons (Fsp3) is 0.250. The van der Waals surface area contributed by atoms with Crippen LogP contribution in [0, 0.1) is 0 Å². The van der Waals surface area contributed by atoms with Crippen molar-refractivity contribution in [1.82, 2.24) is 10.3 Å². The molecule has 2 amide bonds. The smallest absolute Gasteiger partial charge is 0.321 e. The van der Waals surface area contributed by atoms with Gasteiger partial charge in [0.1, 0.15) is 11.9 Å². The topological polar surface area (TPSA) is 87.4 Å². The highest BCUT2D eigenvalue weighted by Crippen LogP contribution is 2.25. The van der Waals surface area contributed by atoms with Gasteiger partial charge in [-0.05, 0) is 31.2 Å². The minimum Gasteiger partial charge on any atom is -0.467 e. The van der Waals surface area contributed by atoms with Crippen molar-refractivity contribution in [1.29, 1.82) is 0 Å². The van der Waals surface area contributed by atoms with Gasteiger partial charge in [0.15, 0.2) is 5.13 Å². The van der Waals surface area contributed by atoms with E-state index in [1.807, 2.05) is 31.2 Å². The summed E-state index contributed by atoms with van der Waals surface area (Å²) in [5.41, 5.74) is 0.856. The second-order valence-corrected chi connectivity index (χ2v) is 6.28. The number of furan rings is 1. The molecule has 0 saturated carbocycles. The summed E-state index contributed by atoms with van der Waals surface area (Å²) in [7, 11) is 0. The minimum absolute atomic E-state index is 0.218. The second-order valence-electron chi connectivity index (χ2n) is 5.25. The molecule has 0 saturated heterocycles. The number of para-hydroxylation sites is 1. The summed E-state index contributed by atoms with van der Waals surface area (Å²) in [5, 5.41) is 16.0. The highest BCUT2D eigenvalue weighted by molar-refractivity contribution is 7.22. The lowest BCUT2D eigenvalue weighted by Gasteiger charge is -2.16. The van der Waals surface area contributed by atoms with Crippen molar-refractivity contribution in [2.45, 2.75) is 25.5 Å². The van der Waals surface area contributed by atoms with Gasteiger partial charge in [0, 0.05) is 12.5 Å². The van der Waals surface area contributed by atoms with Crippen molar-refractivity contribution in [2.75, 3.05) is 5.32 Å². The van der Waals surface area contributed by atoms with Gasteiger partial charge in [-0.2, -0.15) is 0 Å². The third-order valence-corrected chi connectivity index (χ3v) is 4.29. The number of urea groups is 1. The van der Waals surface area contributed by atoms with Crippen molar-refractivity contribution < 1.29 is 14.3 Å². The van der Waals surface area contributed by atoms with Gasteiger partial charge in [0.25, 0.3) is 0 Å². The quantitative estimate of drug-likeness (QED) is 0.667. The highest BCUT2D eigenvalue weighted by Gasteiger charge is 2.17. The second kappa shape index (κ2) is 6.80. The lowest BCUT2D eigenvalue weighted by Crippen LogP contribution is -2.36. The van der Waals surface area contributed by atoms with Gasteiger partial charge in [-0.15, -0.1) is 0 Å². The van der Waals surface area contributed by atoms with Crippen molar-refractivity contribution in [3.8, 4) is 0 Å². The molecule has 7 heteroatoms. The third kappa shape index (κ3) is 3.88. The first-order chi connectivity index (χ1) is 11.1. The average Bonchev–Trinajstić information content (AvgIpc) is 3.15. The molecule has 0 aliphatic carbocycles. The van der Waals surface area contributed by atoms with Crippen LogP contribution in [0.25, 0.3) is 10.2 Å². The summed E-state index contributed by atoms with van der Waals surface area (Å²) in [6.07, 6.45) is 1.12. The monoisotopic (exact) mass is 331 g/mol. The van der Waals surface area contributed by atoms with Crippen LogP contribution >= 0.6 is 11.3 Å². The van der Waals surface area contributed by atoms with E-state index in [9.17, 15) is 9.90 Å². The highest BCUT2D eigenvalue weighted by atomic mass is 32.1. The SMILES string of the molecule is C[C@H](C[C@@H](O)c1ccco1)NC(=O)Nc1nc2ccccc2s1. The van der Waals surface area contributed by atoms with Crippen LogP contribution in [-0.4, -0.2) is 22.2 Å². The molecule has 120 valence electrons. The molecule has 3 rings (SSSR count). The average molecular weight is 331 g/mol. The fourth-order valence-corrected chi connectivity index (χ4v) is 3.13. The van der Waals surface area contributed by atoms with Crippen LogP contribution in [0.15, 0.2) is 47.1 Å². The van der Waals surface area contributed by atoms with Crippen molar-refractivity contribution in [3.63, 3.8) is 0 Å². The predicted octanol–water partition coefficient (Wildman–Crippen LogP) is 3.52. The molecule has 3 N–H and O–H groups in total. The van der Waals surface area contributed by atoms with Gasteiger partial charge in [-0.25, -0.2) is 9.78 Å². The fourth-order valence-electron chi connectivity index (χ4n) is 2.27. The van der Waals surface area contributed by atoms with E-state index in [0.29, 0.717) is 17.3 Å². The van der Waals surface area contributed by atoms with Crippen molar-refractivity contribution in [2.24, 2.45) is 0 Å². The predicted molar refractivity (Wildman–Crippen MR) is 89.5 cm³/mol. The van der Waals surface area contributed by atoms with E-state index in [1.54, 1.807) is 12.1 Å². The lowest BCUT2D eigenvalue weighted by molar-refractivity contribution is 0.130. The van der Waals surface area contributed by atoms with Gasteiger partial charge < -0.3 is 14.8 Å². The summed E-state index contributed by atoms with van der Waals surface area (Å²) in [6.45, 7) is 1.82. The number of nitrogens with one attached hydrogen (secondary N) is 2. The van der Waals surface area contributed by atoms with Gasteiger partial charge in [0.2, 0.25) is 0 Å². The van der Waals surface area contributed by atoms with E-state index in [4.69, 9.17) is 4.42 Å². The normalized spacial score (nSPS) is 13.7. The molecular formula is C16H17N3O3S. The number of thiazole rings is 1. The number of carbonyl (C=O) groups excluding carboxylic acids is 1. The summed E-state index contributed by atoms with van der Waals surface area (Å²) < 4.78 is 6.16. The Balaban J connectivity index is 1.54. The number of hydrogen-bond acceptors (Lipinski definition) is 5. The van der Waals surface area contributed by atoms with E-state index >= 15 is 0 Å². The van der Waals surface area contributed by atoms with Crippen LogP contribution < -0.4 is 10.6 Å². The number of rotatable bonds is 5. The van der Waals surface area contributed by atoms with Gasteiger partial charge in [-0.3, -0.25) is 5.32 Å². The molecule has 1 aromatic carbocycles. The maximum Gasteiger partial charge on any atom is 0.321 e. The van der Waals surface area contributed by atoms with E-state index in [-0.39, 0.29) is 12.1 Å². The molecule has 23 heavy (non-hydrogen) atoms. The van der Waals surface area contributed by atoms with Gasteiger partial charge >= 0.3 is 6.03 Å². The van der Waals surface area contributed by atoms with Crippen LogP contribution in [-0.2, 0) is 0 Å². The molecular weight excluding hydrogens is 314 g/mol. The van der Waals surface area contributed by atoms with Crippen molar-refractivity contribution >= 4 is 32.7 Å². The van der Waals surface area contributed by atoms with Crippen LogP contribution in [0.1, 0.15) is 25.2 Å². The molecule has 0 bridgehead atoms. The summed E-state index contributed by atoms with van der Waals surface area (Å²) in [5.74, 6) is 0.491. The molecule has 3 aromatic rings. The molecule has 0 spiro atoms. The summed E-state index contributed by atoms with van der Waals surface area (Å²) in [4.78, 5) is 16.4. The number of fused-ring (bicyclic) bond motifs is 1. The maximum atomic E-state index is 12.0. The zero-order valence-electron chi connectivity index (χ0n) is 12.5. The standard InChI is InChI=1S/C16H17N3O3S/c1-10(9-12(20)13-6-4-8-22-13)17-15(21)19-16-18-11-5-2-3-7-14(11)23-16/h2-8,10,12,20H,9H2,1H3,(H2,17,18,19,21)/t10-,12-/m1/s1. The Morgan fingerprint density at radius 2 is 2.17 bits per heavy atom. The van der Waals surface area contributed by atoms with Crippen LogP contribution in [0.4, 0.5) is 9.93 Å². The Labute approximate surface area is 137 Å². The van der Waals surface area contributed by atoms with E-state index in [2.05, 4.69) is 15.6 Å². The molecule has 0 aliphatic rings. The number of aromatic nitrogens is 1. The number of anilines is 1. The van der Waals surface area contributed by atoms with Crippen LogP contribution in [0.5, 0.6) is 0 Å². The summed E-state index contributed by atoms with van der Waals surface area (Å²) >= 11 is 1.42. The molecule has 2 aromatic heterocycles. The number of benzene rings is 1. The van der Waals surface area contributed by atoms with Crippen LogP contribution in [0.2, 0.25) is 0 Å². The van der Waals surface area contributed by atoms with Crippen LogP contribution in [0.3, 0.4) is 0 Å². The molecule has 0 aliphatic heterocycles. The van der Waals surface area contributed by atoms with Crippen molar-refractivity contribution in [3.05, 3.63) is 48.4 Å². The Kier molecular flexibility index (Phi) is 4.59. The molecule has 0 fully saturated rings. The number of amides is 2. The minimum atomic E-state index is -0.747. The number of hydrogen-bond donors (Lipinski definition) is 3. The zero-order valence-corrected chi connectivity index (χ0v) is 13.3. The Morgan fingerprint density at radius 3 is 2.91 bits per heavy atom. The molecule has 2 atom stereocenters. The first-order valence-corrected chi connectivity index (χ1v) is 8.08. The molecule has 6 nitrogen and oxygen atoms in total. The largest absolute Gasteiger partial charge is 0.467 e. The Morgan fingerprint density at radius 1 is 1.35 bits per heavy atom. The lowest BCUT2D eigenvalue weighted by atomic mass is 10.1. The molecule has 0 radical (unpaired) electrons. The third-order valence-electron chi connectivity index (χ3n) is 3.34. The summed E-state index contributed by atoms with van der Waals surface area (Å²) in [6, 6.07) is 10.6.